The van der Waals surface area contributed by atoms with Crippen LogP contribution >= 0.6 is 34.4 Å². The van der Waals surface area contributed by atoms with Crippen molar-refractivity contribution >= 4 is 45.3 Å². The van der Waals surface area contributed by atoms with Gasteiger partial charge in [0.05, 0.1) is 10.6 Å². The van der Waals surface area contributed by atoms with Crippen molar-refractivity contribution in [3.63, 3.8) is 0 Å². The zero-order chi connectivity index (χ0) is 20.3. The molecule has 29 heavy (non-hydrogen) atoms. The number of hydrogen-bond donors (Lipinski definition) is 1. The Kier molecular flexibility index (Phi) is 5.69. The molecule has 0 atom stereocenters. The molecule has 0 unspecified atom stereocenters. The molecule has 1 aromatic carbocycles. The van der Waals surface area contributed by atoms with Gasteiger partial charge in [-0.3, -0.25) is 0 Å². The molecule has 13 heteroatoms. The molecule has 3 heterocycles. The molecule has 150 valence electrons. The second kappa shape index (κ2) is 8.39. The number of thioether (sulfide) groups is 1. The summed E-state index contributed by atoms with van der Waals surface area (Å²) in [5.74, 6) is 1.20. The van der Waals surface area contributed by atoms with Crippen molar-refractivity contribution < 1.29 is 22.4 Å². The first-order chi connectivity index (χ1) is 13.9. The van der Waals surface area contributed by atoms with Gasteiger partial charge in [0.25, 0.3) is 5.89 Å². The van der Waals surface area contributed by atoms with Gasteiger partial charge in [-0.15, -0.1) is 34.7 Å². The lowest BCUT2D eigenvalue weighted by molar-refractivity contribution is -0.274. The van der Waals surface area contributed by atoms with Gasteiger partial charge in [-0.2, -0.15) is 4.98 Å². The fraction of sp³-hybridized carbons (Fsp3) is 0.125. The molecule has 0 bridgehead atoms. The third-order valence-corrected chi connectivity index (χ3v) is 6.10. The Morgan fingerprint density at radius 3 is 2.69 bits per heavy atom. The van der Waals surface area contributed by atoms with Gasteiger partial charge in [0.1, 0.15) is 5.75 Å². The minimum atomic E-state index is -4.72. The SMILES string of the molecule is FC(F)(F)Oc1ccc(Nc2nnc(SCc3noc(-c4cccs4)n3)s2)cc1. The summed E-state index contributed by atoms with van der Waals surface area (Å²) in [5.41, 5.74) is 0.561. The maximum atomic E-state index is 12.2. The Balaban J connectivity index is 1.32. The molecule has 0 spiro atoms. The van der Waals surface area contributed by atoms with Crippen LogP contribution in [-0.4, -0.2) is 26.7 Å². The van der Waals surface area contributed by atoms with E-state index in [1.54, 1.807) is 0 Å². The minimum absolute atomic E-state index is 0.293. The van der Waals surface area contributed by atoms with E-state index in [4.69, 9.17) is 4.52 Å². The normalized spacial score (nSPS) is 11.6. The first-order valence-electron chi connectivity index (χ1n) is 7.90. The topological polar surface area (TPSA) is 86.0 Å². The maximum Gasteiger partial charge on any atom is 0.573 e. The molecule has 0 aliphatic heterocycles. The quantitative estimate of drug-likeness (QED) is 0.360. The Morgan fingerprint density at radius 1 is 1.14 bits per heavy atom. The van der Waals surface area contributed by atoms with E-state index in [2.05, 4.69) is 30.4 Å². The Hall–Kier alpha value is -2.64. The molecular formula is C16H10F3N5O2S3. The lowest BCUT2D eigenvalue weighted by Gasteiger charge is -2.09. The summed E-state index contributed by atoms with van der Waals surface area (Å²) < 4.78 is 46.3. The highest BCUT2D eigenvalue weighted by atomic mass is 32.2. The molecule has 0 amide bonds. The monoisotopic (exact) mass is 457 g/mol. The maximum absolute atomic E-state index is 12.2. The number of nitrogens with one attached hydrogen (secondary N) is 1. The lowest BCUT2D eigenvalue weighted by atomic mass is 10.3. The second-order valence-corrected chi connectivity index (χ2v) is 8.50. The number of halogens is 3. The summed E-state index contributed by atoms with van der Waals surface area (Å²) in [4.78, 5) is 5.24. The van der Waals surface area contributed by atoms with Gasteiger partial charge in [-0.25, -0.2) is 0 Å². The zero-order valence-corrected chi connectivity index (χ0v) is 16.7. The van der Waals surface area contributed by atoms with E-state index < -0.39 is 6.36 Å². The summed E-state index contributed by atoms with van der Waals surface area (Å²) in [6, 6.07) is 9.16. The van der Waals surface area contributed by atoms with Crippen LogP contribution in [0.25, 0.3) is 10.8 Å². The molecule has 0 fully saturated rings. The molecule has 0 saturated carbocycles. The summed E-state index contributed by atoms with van der Waals surface area (Å²) in [6.45, 7) is 0. The minimum Gasteiger partial charge on any atom is -0.406 e. The molecule has 4 aromatic rings. The van der Waals surface area contributed by atoms with Gasteiger partial charge >= 0.3 is 6.36 Å². The number of rotatable bonds is 7. The second-order valence-electron chi connectivity index (χ2n) is 5.35. The van der Waals surface area contributed by atoms with E-state index in [0.29, 0.717) is 32.6 Å². The van der Waals surface area contributed by atoms with E-state index in [1.165, 1.54) is 58.7 Å². The average Bonchev–Trinajstić information content (AvgIpc) is 3.42. The van der Waals surface area contributed by atoms with E-state index in [0.717, 1.165) is 4.88 Å². The van der Waals surface area contributed by atoms with Crippen molar-refractivity contribution in [2.75, 3.05) is 5.32 Å². The number of benzene rings is 1. The highest BCUT2D eigenvalue weighted by Crippen LogP contribution is 2.31. The highest BCUT2D eigenvalue weighted by molar-refractivity contribution is 8.00. The van der Waals surface area contributed by atoms with Crippen LogP contribution in [0.3, 0.4) is 0 Å². The van der Waals surface area contributed by atoms with Crippen LogP contribution < -0.4 is 10.1 Å². The summed E-state index contributed by atoms with van der Waals surface area (Å²) >= 11 is 4.22. The average molecular weight is 457 g/mol. The first kappa shape index (κ1) is 19.7. The standard InChI is InChI=1S/C16H10F3N5O2S3/c17-16(18,19)25-10-5-3-9(4-6-10)20-14-22-23-15(29-14)28-8-12-21-13(26-24-12)11-2-1-7-27-11/h1-7H,8H2,(H,20,22). The molecule has 4 rings (SSSR count). The number of thiophene rings is 1. The van der Waals surface area contributed by atoms with Gasteiger partial charge in [0, 0.05) is 5.69 Å². The number of ether oxygens (including phenoxy) is 1. The van der Waals surface area contributed by atoms with Crippen LogP contribution in [-0.2, 0) is 5.75 Å². The molecule has 0 aliphatic rings. The van der Waals surface area contributed by atoms with Crippen LogP contribution in [0.1, 0.15) is 5.82 Å². The van der Waals surface area contributed by atoms with Crippen molar-refractivity contribution in [3.05, 3.63) is 47.6 Å². The number of aromatic nitrogens is 4. The molecular weight excluding hydrogens is 447 g/mol. The van der Waals surface area contributed by atoms with Crippen LogP contribution in [0, 0.1) is 0 Å². The highest BCUT2D eigenvalue weighted by Gasteiger charge is 2.30. The molecule has 1 N–H and O–H groups in total. The third-order valence-electron chi connectivity index (χ3n) is 3.27. The Labute approximate surface area is 173 Å². The van der Waals surface area contributed by atoms with Crippen molar-refractivity contribution in [1.29, 1.82) is 0 Å². The predicted octanol–water partition coefficient (Wildman–Crippen LogP) is 5.58. The summed E-state index contributed by atoms with van der Waals surface area (Å²) in [6.07, 6.45) is -4.72. The number of alkyl halides is 3. The summed E-state index contributed by atoms with van der Waals surface area (Å²) in [7, 11) is 0. The van der Waals surface area contributed by atoms with Gasteiger partial charge in [0.15, 0.2) is 10.2 Å². The van der Waals surface area contributed by atoms with E-state index in [9.17, 15) is 13.2 Å². The molecule has 0 aliphatic carbocycles. The van der Waals surface area contributed by atoms with E-state index in [1.807, 2.05) is 17.5 Å². The smallest absolute Gasteiger partial charge is 0.406 e. The van der Waals surface area contributed by atoms with Crippen LogP contribution in [0.5, 0.6) is 5.75 Å². The predicted molar refractivity (Wildman–Crippen MR) is 103 cm³/mol. The fourth-order valence-electron chi connectivity index (χ4n) is 2.12. The van der Waals surface area contributed by atoms with Crippen LogP contribution in [0.2, 0.25) is 0 Å². The Bertz CT molecular complexity index is 1060. The fourth-order valence-corrected chi connectivity index (χ4v) is 4.38. The molecule has 7 nitrogen and oxygen atoms in total. The molecule has 3 aromatic heterocycles. The molecule has 0 radical (unpaired) electrons. The van der Waals surface area contributed by atoms with Crippen molar-refractivity contribution in [3.8, 4) is 16.5 Å². The zero-order valence-electron chi connectivity index (χ0n) is 14.2. The van der Waals surface area contributed by atoms with Crippen molar-refractivity contribution in [2.45, 2.75) is 16.5 Å². The third kappa shape index (κ3) is 5.46. The van der Waals surface area contributed by atoms with E-state index >= 15 is 0 Å². The first-order valence-corrected chi connectivity index (χ1v) is 10.6. The van der Waals surface area contributed by atoms with Gasteiger partial charge in [0.2, 0.25) is 5.13 Å². The van der Waals surface area contributed by atoms with Gasteiger partial charge < -0.3 is 14.6 Å². The molecule has 0 saturated heterocycles. The van der Waals surface area contributed by atoms with Gasteiger partial charge in [-0.1, -0.05) is 34.3 Å². The largest absolute Gasteiger partial charge is 0.573 e. The Morgan fingerprint density at radius 2 is 1.97 bits per heavy atom. The lowest BCUT2D eigenvalue weighted by Crippen LogP contribution is -2.16. The number of anilines is 2. The number of hydrogen-bond acceptors (Lipinski definition) is 10. The number of nitrogens with zero attached hydrogens (tertiary/aromatic N) is 4. The summed E-state index contributed by atoms with van der Waals surface area (Å²) in [5, 5.41) is 17.4. The van der Waals surface area contributed by atoms with Crippen LogP contribution in [0.4, 0.5) is 24.0 Å². The van der Waals surface area contributed by atoms with E-state index in [-0.39, 0.29) is 5.75 Å². The van der Waals surface area contributed by atoms with Crippen LogP contribution in [0.15, 0.2) is 50.6 Å². The van der Waals surface area contributed by atoms with Crippen molar-refractivity contribution in [2.24, 2.45) is 0 Å². The van der Waals surface area contributed by atoms with Crippen molar-refractivity contribution in [1.82, 2.24) is 20.3 Å². The van der Waals surface area contributed by atoms with Gasteiger partial charge in [-0.05, 0) is 35.7 Å².